The van der Waals surface area contributed by atoms with Crippen LogP contribution in [0.4, 0.5) is 17.1 Å². The minimum absolute atomic E-state index is 0.467. The number of fused-ring (bicyclic) bond motifs is 3. The van der Waals surface area contributed by atoms with Crippen LogP contribution in [0.15, 0.2) is 158 Å². The van der Waals surface area contributed by atoms with Gasteiger partial charge in [0.2, 0.25) is 0 Å². The lowest BCUT2D eigenvalue weighted by Crippen LogP contribution is -2.30. The SMILES string of the molecule is OB(O)c1ccc2c(c1)c1ccccc1n2-c1ccccc1.OB(O)c1cccc(N(c2ccccc2)c2ccccc2)c1. The van der Waals surface area contributed by atoms with Crippen LogP contribution in [0.1, 0.15) is 0 Å². The first-order valence-electron chi connectivity index (χ1n) is 14.3. The maximum absolute atomic E-state index is 9.43. The molecule has 0 amide bonds. The molecule has 0 spiro atoms. The summed E-state index contributed by atoms with van der Waals surface area (Å²) in [6.07, 6.45) is 0. The molecule has 7 rings (SSSR count). The Hall–Kier alpha value is -5.11. The van der Waals surface area contributed by atoms with Crippen molar-refractivity contribution in [2.24, 2.45) is 0 Å². The second-order valence-electron chi connectivity index (χ2n) is 10.3. The number of benzene rings is 6. The Morgan fingerprint density at radius 1 is 0.409 bits per heavy atom. The monoisotopic (exact) mass is 576 g/mol. The lowest BCUT2D eigenvalue weighted by molar-refractivity contribution is 0.424. The fourth-order valence-corrected chi connectivity index (χ4v) is 5.43. The summed E-state index contributed by atoms with van der Waals surface area (Å²) in [6.45, 7) is 0. The lowest BCUT2D eigenvalue weighted by Gasteiger charge is -2.25. The number of anilines is 3. The van der Waals surface area contributed by atoms with E-state index in [-0.39, 0.29) is 0 Å². The first kappa shape index (κ1) is 29.0. The van der Waals surface area contributed by atoms with Crippen molar-refractivity contribution < 1.29 is 20.1 Å². The largest absolute Gasteiger partial charge is 0.488 e. The van der Waals surface area contributed by atoms with Gasteiger partial charge in [-0.1, -0.05) is 97.1 Å². The highest BCUT2D eigenvalue weighted by Crippen LogP contribution is 2.34. The number of rotatable bonds is 6. The fourth-order valence-electron chi connectivity index (χ4n) is 5.43. The van der Waals surface area contributed by atoms with Crippen LogP contribution in [0, 0.1) is 0 Å². The van der Waals surface area contributed by atoms with Gasteiger partial charge in [-0.2, -0.15) is 0 Å². The molecule has 0 aliphatic heterocycles. The minimum Gasteiger partial charge on any atom is -0.423 e. The fraction of sp³-hybridized carbons (Fsp3) is 0. The minimum atomic E-state index is -1.48. The second-order valence-corrected chi connectivity index (χ2v) is 10.3. The number of para-hydroxylation sites is 4. The third kappa shape index (κ3) is 6.01. The standard InChI is InChI=1S/C18H14BNO2.C18H16BNO2/c21-19(22)13-10-11-18-16(12-13)15-8-4-5-9-17(15)20(18)14-6-2-1-3-7-14;21-19(22)15-8-7-13-18(14-15)20(16-9-3-1-4-10-16)17-11-5-2-6-12-17/h1-12,21-22H;1-14,21-22H. The molecule has 44 heavy (non-hydrogen) atoms. The zero-order valence-corrected chi connectivity index (χ0v) is 23.8. The molecule has 0 saturated heterocycles. The normalized spacial score (nSPS) is 10.7. The molecule has 0 bridgehead atoms. The Morgan fingerprint density at radius 3 is 1.52 bits per heavy atom. The van der Waals surface area contributed by atoms with E-state index in [1.807, 2.05) is 115 Å². The molecule has 6 aromatic carbocycles. The van der Waals surface area contributed by atoms with Gasteiger partial charge in [0.1, 0.15) is 0 Å². The van der Waals surface area contributed by atoms with E-state index in [0.717, 1.165) is 44.6 Å². The van der Waals surface area contributed by atoms with Gasteiger partial charge >= 0.3 is 14.2 Å². The molecule has 0 saturated carbocycles. The molecule has 1 heterocycles. The van der Waals surface area contributed by atoms with Gasteiger partial charge in [-0.15, -0.1) is 0 Å². The number of aromatic nitrogens is 1. The quantitative estimate of drug-likeness (QED) is 0.202. The third-order valence-electron chi connectivity index (χ3n) is 7.46. The van der Waals surface area contributed by atoms with E-state index >= 15 is 0 Å². The van der Waals surface area contributed by atoms with Gasteiger partial charge in [0.25, 0.3) is 0 Å². The summed E-state index contributed by atoms with van der Waals surface area (Å²) in [6, 6.07) is 51.1. The summed E-state index contributed by atoms with van der Waals surface area (Å²) in [5.74, 6) is 0. The summed E-state index contributed by atoms with van der Waals surface area (Å²) in [5.41, 5.74) is 7.12. The number of hydrogen-bond donors (Lipinski definition) is 4. The molecule has 0 unspecified atom stereocenters. The Bertz CT molecular complexity index is 1940. The molecule has 0 aliphatic rings. The Balaban J connectivity index is 0.000000156. The lowest BCUT2D eigenvalue weighted by atomic mass is 9.80. The molecule has 8 heteroatoms. The van der Waals surface area contributed by atoms with Crippen molar-refractivity contribution in [2.45, 2.75) is 0 Å². The van der Waals surface area contributed by atoms with Gasteiger partial charge in [0.15, 0.2) is 0 Å². The maximum atomic E-state index is 9.43. The number of hydrogen-bond acceptors (Lipinski definition) is 5. The van der Waals surface area contributed by atoms with E-state index in [1.165, 1.54) is 0 Å². The van der Waals surface area contributed by atoms with Crippen molar-refractivity contribution in [3.63, 3.8) is 0 Å². The predicted molar refractivity (Wildman–Crippen MR) is 182 cm³/mol. The van der Waals surface area contributed by atoms with Crippen molar-refractivity contribution in [3.05, 3.63) is 158 Å². The molecule has 0 fully saturated rings. The zero-order valence-electron chi connectivity index (χ0n) is 23.8. The molecule has 1 aromatic heterocycles. The van der Waals surface area contributed by atoms with E-state index in [2.05, 4.69) is 33.7 Å². The van der Waals surface area contributed by atoms with Gasteiger partial charge in [0, 0.05) is 33.5 Å². The maximum Gasteiger partial charge on any atom is 0.488 e. The van der Waals surface area contributed by atoms with Gasteiger partial charge in [-0.3, -0.25) is 0 Å². The molecular formula is C36H30B2N2O4. The van der Waals surface area contributed by atoms with Gasteiger partial charge in [-0.05, 0) is 71.6 Å². The summed E-state index contributed by atoms with van der Waals surface area (Å²) >= 11 is 0. The van der Waals surface area contributed by atoms with Crippen LogP contribution in [0.25, 0.3) is 27.5 Å². The Morgan fingerprint density at radius 2 is 0.909 bits per heavy atom. The van der Waals surface area contributed by atoms with Crippen LogP contribution < -0.4 is 15.8 Å². The second kappa shape index (κ2) is 13.0. The van der Waals surface area contributed by atoms with E-state index in [4.69, 9.17) is 0 Å². The summed E-state index contributed by atoms with van der Waals surface area (Å²) in [4.78, 5) is 2.08. The van der Waals surface area contributed by atoms with Gasteiger partial charge in [-0.25, -0.2) is 0 Å². The molecule has 0 atom stereocenters. The number of nitrogens with zero attached hydrogens (tertiary/aromatic N) is 2. The highest BCUT2D eigenvalue weighted by atomic mass is 16.4. The summed E-state index contributed by atoms with van der Waals surface area (Å²) in [7, 11) is -2.93. The predicted octanol–water partition coefficient (Wildman–Crippen LogP) is 5.30. The highest BCUT2D eigenvalue weighted by molar-refractivity contribution is 6.59. The molecule has 6 nitrogen and oxygen atoms in total. The average molecular weight is 576 g/mol. The van der Waals surface area contributed by atoms with Crippen molar-refractivity contribution in [1.82, 2.24) is 4.57 Å². The third-order valence-corrected chi connectivity index (χ3v) is 7.46. The molecule has 4 N–H and O–H groups in total. The Kier molecular flexibility index (Phi) is 8.59. The first-order chi connectivity index (χ1) is 21.5. The topological polar surface area (TPSA) is 89.1 Å². The molecule has 7 aromatic rings. The van der Waals surface area contributed by atoms with E-state index < -0.39 is 14.2 Å². The summed E-state index contributed by atoms with van der Waals surface area (Å²) in [5, 5.41) is 39.8. The van der Waals surface area contributed by atoms with Crippen molar-refractivity contribution >= 4 is 64.0 Å². The first-order valence-corrected chi connectivity index (χ1v) is 14.3. The highest BCUT2D eigenvalue weighted by Gasteiger charge is 2.17. The van der Waals surface area contributed by atoms with Crippen LogP contribution in [-0.4, -0.2) is 38.9 Å². The van der Waals surface area contributed by atoms with Crippen LogP contribution in [0.3, 0.4) is 0 Å². The molecular weight excluding hydrogens is 546 g/mol. The van der Waals surface area contributed by atoms with Crippen LogP contribution in [0.5, 0.6) is 0 Å². The van der Waals surface area contributed by atoms with Crippen LogP contribution >= 0.6 is 0 Å². The van der Waals surface area contributed by atoms with E-state index in [9.17, 15) is 20.1 Å². The van der Waals surface area contributed by atoms with Crippen molar-refractivity contribution in [2.75, 3.05) is 4.90 Å². The molecule has 0 aliphatic carbocycles. The average Bonchev–Trinajstić information content (AvgIpc) is 3.40. The van der Waals surface area contributed by atoms with Crippen molar-refractivity contribution in [1.29, 1.82) is 0 Å². The smallest absolute Gasteiger partial charge is 0.423 e. The van der Waals surface area contributed by atoms with E-state index in [1.54, 1.807) is 18.2 Å². The van der Waals surface area contributed by atoms with E-state index in [0.29, 0.717) is 10.9 Å². The summed E-state index contributed by atoms with van der Waals surface area (Å²) < 4.78 is 2.19. The van der Waals surface area contributed by atoms with Gasteiger partial charge < -0.3 is 29.6 Å². The zero-order chi connectivity index (χ0) is 30.5. The van der Waals surface area contributed by atoms with Crippen molar-refractivity contribution in [3.8, 4) is 5.69 Å². The Labute approximate surface area is 256 Å². The molecule has 0 radical (unpaired) electrons. The molecule has 214 valence electrons. The van der Waals surface area contributed by atoms with Crippen LogP contribution in [0.2, 0.25) is 0 Å². The van der Waals surface area contributed by atoms with Gasteiger partial charge in [0.05, 0.1) is 11.0 Å². The van der Waals surface area contributed by atoms with Crippen LogP contribution in [-0.2, 0) is 0 Å².